The maximum absolute atomic E-state index is 6.00. The highest BCUT2D eigenvalue weighted by Gasteiger charge is 2.45. The number of ether oxygens (including phenoxy) is 2. The van der Waals surface area contributed by atoms with Crippen LogP contribution >= 0.6 is 0 Å². The van der Waals surface area contributed by atoms with Crippen molar-refractivity contribution in [1.29, 1.82) is 0 Å². The molecule has 0 radical (unpaired) electrons. The van der Waals surface area contributed by atoms with Crippen LogP contribution in [0.5, 0.6) is 11.5 Å². The Labute approximate surface area is 113 Å². The molecule has 2 aromatic rings. The first-order chi connectivity index (χ1) is 9.24. The van der Waals surface area contributed by atoms with Crippen molar-refractivity contribution in [1.82, 2.24) is 0 Å². The van der Waals surface area contributed by atoms with Gasteiger partial charge in [0.2, 0.25) is 0 Å². The quantitative estimate of drug-likeness (QED) is 0.916. The first-order valence-electron chi connectivity index (χ1n) is 6.59. The van der Waals surface area contributed by atoms with E-state index in [1.165, 1.54) is 16.3 Å². The number of nitrogens with two attached hydrogens (primary N) is 1. The third kappa shape index (κ3) is 1.85. The van der Waals surface area contributed by atoms with Gasteiger partial charge in [0.1, 0.15) is 11.5 Å². The van der Waals surface area contributed by atoms with E-state index in [-0.39, 0.29) is 5.41 Å². The van der Waals surface area contributed by atoms with Gasteiger partial charge in [0.15, 0.2) is 0 Å². The average molecular weight is 257 g/mol. The number of benzene rings is 2. The van der Waals surface area contributed by atoms with Crippen LogP contribution in [0, 0.1) is 0 Å². The van der Waals surface area contributed by atoms with Crippen molar-refractivity contribution in [2.75, 3.05) is 20.8 Å². The fourth-order valence-electron chi connectivity index (χ4n) is 2.83. The van der Waals surface area contributed by atoms with Gasteiger partial charge in [0, 0.05) is 17.5 Å². The van der Waals surface area contributed by atoms with Crippen LogP contribution in [0.25, 0.3) is 10.8 Å². The second-order valence-corrected chi connectivity index (χ2v) is 5.21. The van der Waals surface area contributed by atoms with Gasteiger partial charge in [-0.25, -0.2) is 0 Å². The number of fused-ring (bicyclic) bond motifs is 1. The molecule has 3 rings (SSSR count). The van der Waals surface area contributed by atoms with Crippen molar-refractivity contribution < 1.29 is 9.47 Å². The molecule has 0 spiro atoms. The lowest BCUT2D eigenvalue weighted by Crippen LogP contribution is -2.20. The standard InChI is InChI=1S/C16H19NO2/c1-18-12-5-3-11-4-6-14(19-2)15(13(11)9-12)16(10-17)7-8-16/h3-6,9H,7-8,10,17H2,1-2H3. The molecule has 0 bridgehead atoms. The number of rotatable bonds is 4. The van der Waals surface area contributed by atoms with Crippen molar-refractivity contribution in [2.24, 2.45) is 5.73 Å². The highest BCUT2D eigenvalue weighted by molar-refractivity contribution is 5.90. The summed E-state index contributed by atoms with van der Waals surface area (Å²) in [5.41, 5.74) is 7.34. The Balaban J connectivity index is 2.30. The zero-order valence-electron chi connectivity index (χ0n) is 11.4. The number of hydrogen-bond donors (Lipinski definition) is 1. The van der Waals surface area contributed by atoms with Gasteiger partial charge in [-0.05, 0) is 41.8 Å². The Morgan fingerprint density at radius 3 is 2.42 bits per heavy atom. The summed E-state index contributed by atoms with van der Waals surface area (Å²) in [4.78, 5) is 0. The van der Waals surface area contributed by atoms with Gasteiger partial charge in [-0.2, -0.15) is 0 Å². The van der Waals surface area contributed by atoms with Gasteiger partial charge in [0.25, 0.3) is 0 Å². The van der Waals surface area contributed by atoms with Crippen molar-refractivity contribution >= 4 is 10.8 Å². The molecule has 1 fully saturated rings. The molecule has 0 unspecified atom stereocenters. The lowest BCUT2D eigenvalue weighted by atomic mass is 9.89. The zero-order valence-corrected chi connectivity index (χ0v) is 11.4. The van der Waals surface area contributed by atoms with Crippen LogP contribution in [0.15, 0.2) is 30.3 Å². The molecule has 0 heterocycles. The normalized spacial score (nSPS) is 16.4. The second-order valence-electron chi connectivity index (χ2n) is 5.21. The minimum atomic E-state index is 0.0945. The largest absolute Gasteiger partial charge is 0.497 e. The summed E-state index contributed by atoms with van der Waals surface area (Å²) in [7, 11) is 3.41. The predicted octanol–water partition coefficient (Wildman–Crippen LogP) is 2.85. The SMILES string of the molecule is COc1ccc2ccc(OC)c(C3(CN)CC3)c2c1. The van der Waals surface area contributed by atoms with E-state index in [1.54, 1.807) is 14.2 Å². The van der Waals surface area contributed by atoms with Crippen LogP contribution in [0.2, 0.25) is 0 Å². The van der Waals surface area contributed by atoms with Gasteiger partial charge in [-0.1, -0.05) is 12.1 Å². The smallest absolute Gasteiger partial charge is 0.123 e. The van der Waals surface area contributed by atoms with E-state index < -0.39 is 0 Å². The summed E-state index contributed by atoms with van der Waals surface area (Å²) in [6, 6.07) is 10.3. The van der Waals surface area contributed by atoms with Crippen molar-refractivity contribution in [3.63, 3.8) is 0 Å². The van der Waals surface area contributed by atoms with E-state index in [1.807, 2.05) is 12.1 Å². The summed E-state index contributed by atoms with van der Waals surface area (Å²) >= 11 is 0. The molecule has 0 aliphatic heterocycles. The molecule has 19 heavy (non-hydrogen) atoms. The lowest BCUT2D eigenvalue weighted by Gasteiger charge is -2.20. The minimum Gasteiger partial charge on any atom is -0.497 e. The molecule has 100 valence electrons. The van der Waals surface area contributed by atoms with Gasteiger partial charge in [-0.3, -0.25) is 0 Å². The van der Waals surface area contributed by atoms with Crippen LogP contribution in [0.4, 0.5) is 0 Å². The summed E-state index contributed by atoms with van der Waals surface area (Å²) in [6.45, 7) is 0.666. The molecule has 3 nitrogen and oxygen atoms in total. The van der Waals surface area contributed by atoms with Gasteiger partial charge < -0.3 is 15.2 Å². The zero-order chi connectivity index (χ0) is 13.5. The summed E-state index contributed by atoms with van der Waals surface area (Å²) in [6.07, 6.45) is 2.27. The Morgan fingerprint density at radius 1 is 1.11 bits per heavy atom. The van der Waals surface area contributed by atoms with Gasteiger partial charge >= 0.3 is 0 Å². The van der Waals surface area contributed by atoms with Gasteiger partial charge in [0.05, 0.1) is 14.2 Å². The summed E-state index contributed by atoms with van der Waals surface area (Å²) < 4.78 is 10.9. The predicted molar refractivity (Wildman–Crippen MR) is 77.0 cm³/mol. The summed E-state index contributed by atoms with van der Waals surface area (Å²) in [5.74, 6) is 1.80. The molecule has 1 aliphatic rings. The van der Waals surface area contributed by atoms with Crippen molar-refractivity contribution in [2.45, 2.75) is 18.3 Å². The summed E-state index contributed by atoms with van der Waals surface area (Å²) in [5, 5.41) is 2.40. The molecular weight excluding hydrogens is 238 g/mol. The van der Waals surface area contributed by atoms with Crippen LogP contribution in [0.3, 0.4) is 0 Å². The third-order valence-electron chi connectivity index (χ3n) is 4.18. The molecule has 2 aromatic carbocycles. The van der Waals surface area contributed by atoms with Crippen molar-refractivity contribution in [3.8, 4) is 11.5 Å². The number of methoxy groups -OCH3 is 2. The van der Waals surface area contributed by atoms with Crippen LogP contribution in [-0.2, 0) is 5.41 Å². The fraction of sp³-hybridized carbons (Fsp3) is 0.375. The molecule has 0 saturated heterocycles. The molecule has 1 aliphatic carbocycles. The maximum Gasteiger partial charge on any atom is 0.123 e. The van der Waals surface area contributed by atoms with Gasteiger partial charge in [-0.15, -0.1) is 0 Å². The van der Waals surface area contributed by atoms with E-state index in [9.17, 15) is 0 Å². The Kier molecular flexibility index (Phi) is 2.86. The Morgan fingerprint density at radius 2 is 1.84 bits per heavy atom. The molecular formula is C16H19NO2. The van der Waals surface area contributed by atoms with E-state index in [0.29, 0.717) is 6.54 Å². The maximum atomic E-state index is 6.00. The molecule has 0 amide bonds. The lowest BCUT2D eigenvalue weighted by molar-refractivity contribution is 0.405. The topological polar surface area (TPSA) is 44.5 Å². The van der Waals surface area contributed by atoms with E-state index >= 15 is 0 Å². The molecule has 1 saturated carbocycles. The van der Waals surface area contributed by atoms with Crippen LogP contribution in [0.1, 0.15) is 18.4 Å². The molecule has 0 atom stereocenters. The monoisotopic (exact) mass is 257 g/mol. The second kappa shape index (κ2) is 4.42. The third-order valence-corrected chi connectivity index (χ3v) is 4.18. The first kappa shape index (κ1) is 12.3. The Bertz CT molecular complexity index is 612. The van der Waals surface area contributed by atoms with E-state index in [0.717, 1.165) is 24.3 Å². The van der Waals surface area contributed by atoms with E-state index in [4.69, 9.17) is 15.2 Å². The minimum absolute atomic E-state index is 0.0945. The highest BCUT2D eigenvalue weighted by atomic mass is 16.5. The highest BCUT2D eigenvalue weighted by Crippen LogP contribution is 2.53. The molecule has 2 N–H and O–H groups in total. The first-order valence-corrected chi connectivity index (χ1v) is 6.59. The van der Waals surface area contributed by atoms with E-state index in [2.05, 4.69) is 18.2 Å². The fourth-order valence-corrected chi connectivity index (χ4v) is 2.83. The molecule has 3 heteroatoms. The Hall–Kier alpha value is -1.74. The van der Waals surface area contributed by atoms with Crippen LogP contribution in [-0.4, -0.2) is 20.8 Å². The molecule has 0 aromatic heterocycles. The van der Waals surface area contributed by atoms with Crippen LogP contribution < -0.4 is 15.2 Å². The van der Waals surface area contributed by atoms with Crippen molar-refractivity contribution in [3.05, 3.63) is 35.9 Å². The average Bonchev–Trinajstić information content (AvgIpc) is 3.26. The number of hydrogen-bond acceptors (Lipinski definition) is 3.